The summed E-state index contributed by atoms with van der Waals surface area (Å²) in [4.78, 5) is 39.0. The normalized spacial score (nSPS) is 15.5. The van der Waals surface area contributed by atoms with Crippen LogP contribution >= 0.6 is 11.8 Å². The van der Waals surface area contributed by atoms with Crippen molar-refractivity contribution in [2.75, 3.05) is 38.3 Å². The molecule has 3 aromatic carbocycles. The third-order valence-electron chi connectivity index (χ3n) is 5.54. The Bertz CT molecular complexity index is 1360. The molecule has 5 rings (SSSR count). The van der Waals surface area contributed by atoms with Crippen molar-refractivity contribution in [3.05, 3.63) is 83.3 Å². The first-order valence-electron chi connectivity index (χ1n) is 11.9. The number of hydrogen-bond acceptors (Lipinski definition) is 8. The minimum absolute atomic E-state index is 0.243. The molecule has 0 bridgehead atoms. The van der Waals surface area contributed by atoms with E-state index in [1.165, 1.54) is 0 Å². The molecule has 2 aliphatic rings. The topological polar surface area (TPSA) is 103 Å². The molecule has 1 saturated heterocycles. The highest BCUT2D eigenvalue weighted by Crippen LogP contribution is 2.34. The molecule has 0 radical (unpaired) electrons. The summed E-state index contributed by atoms with van der Waals surface area (Å²) in [5.41, 5.74) is 1.21. The van der Waals surface area contributed by atoms with Crippen LogP contribution < -0.4 is 24.3 Å². The molecule has 0 spiro atoms. The molecule has 10 heteroatoms. The lowest BCUT2D eigenvalue weighted by Crippen LogP contribution is -2.36. The van der Waals surface area contributed by atoms with Crippen molar-refractivity contribution in [1.29, 1.82) is 0 Å². The van der Waals surface area contributed by atoms with Gasteiger partial charge in [0.2, 0.25) is 5.91 Å². The lowest BCUT2D eigenvalue weighted by molar-refractivity contribution is -0.127. The number of amides is 3. The molecule has 0 atom stereocenters. The van der Waals surface area contributed by atoms with E-state index in [1.54, 1.807) is 48.5 Å². The molecule has 0 saturated carbocycles. The fourth-order valence-corrected chi connectivity index (χ4v) is 4.59. The molecule has 0 aliphatic carbocycles. The van der Waals surface area contributed by atoms with Crippen LogP contribution in [0.3, 0.4) is 0 Å². The van der Waals surface area contributed by atoms with Crippen LogP contribution in [0.15, 0.2) is 77.7 Å². The van der Waals surface area contributed by atoms with Gasteiger partial charge < -0.3 is 24.3 Å². The number of fused-ring (bicyclic) bond motifs is 1. The maximum absolute atomic E-state index is 12.8. The van der Waals surface area contributed by atoms with Gasteiger partial charge in [0.05, 0.1) is 4.91 Å². The number of anilines is 1. The van der Waals surface area contributed by atoms with E-state index in [2.05, 4.69) is 5.32 Å². The number of nitrogens with zero attached hydrogens (tertiary/aromatic N) is 1. The molecular weight excluding hydrogens is 508 g/mol. The summed E-state index contributed by atoms with van der Waals surface area (Å²) in [6.45, 7) is 1.28. The van der Waals surface area contributed by atoms with Crippen LogP contribution in [0.25, 0.3) is 6.08 Å². The van der Waals surface area contributed by atoms with Crippen LogP contribution in [-0.4, -0.2) is 54.9 Å². The summed E-state index contributed by atoms with van der Waals surface area (Å²) in [5.74, 6) is 1.55. The molecule has 3 amide bonds. The SMILES string of the molecule is O=C(CN1C(=O)S/C(=C/c2ccc(OCCOc3ccccc3)cc2)C1=O)Nc1ccc2c(c1)OCCO2. The van der Waals surface area contributed by atoms with E-state index < -0.39 is 23.6 Å². The molecule has 3 aromatic rings. The number of carbonyl (C=O) groups excluding carboxylic acids is 3. The number of para-hydroxylation sites is 1. The van der Waals surface area contributed by atoms with Gasteiger partial charge in [-0.3, -0.25) is 19.3 Å². The number of thioether (sulfide) groups is 1. The molecule has 9 nitrogen and oxygen atoms in total. The van der Waals surface area contributed by atoms with E-state index in [0.717, 1.165) is 28.0 Å². The Morgan fingerprint density at radius 2 is 1.58 bits per heavy atom. The average Bonchev–Trinajstić information content (AvgIpc) is 3.19. The second-order valence-electron chi connectivity index (χ2n) is 8.25. The smallest absolute Gasteiger partial charge is 0.294 e. The fraction of sp³-hybridized carbons (Fsp3) is 0.179. The summed E-state index contributed by atoms with van der Waals surface area (Å²) in [6.07, 6.45) is 1.62. The van der Waals surface area contributed by atoms with Crippen molar-refractivity contribution in [3.8, 4) is 23.0 Å². The maximum Gasteiger partial charge on any atom is 0.294 e. The third kappa shape index (κ3) is 6.27. The lowest BCUT2D eigenvalue weighted by atomic mass is 10.2. The van der Waals surface area contributed by atoms with E-state index in [4.69, 9.17) is 18.9 Å². The predicted octanol–water partition coefficient (Wildman–Crippen LogP) is 4.59. The number of rotatable bonds is 9. The minimum Gasteiger partial charge on any atom is -0.490 e. The molecule has 2 heterocycles. The average molecular weight is 533 g/mol. The van der Waals surface area contributed by atoms with Crippen molar-refractivity contribution in [3.63, 3.8) is 0 Å². The summed E-state index contributed by atoms with van der Waals surface area (Å²) >= 11 is 0.797. The summed E-state index contributed by atoms with van der Waals surface area (Å²) in [5, 5.41) is 2.19. The van der Waals surface area contributed by atoms with Gasteiger partial charge >= 0.3 is 0 Å². The lowest BCUT2D eigenvalue weighted by Gasteiger charge is -2.19. The monoisotopic (exact) mass is 532 g/mol. The number of nitrogens with one attached hydrogen (secondary N) is 1. The Hall–Kier alpha value is -4.44. The van der Waals surface area contributed by atoms with Gasteiger partial charge in [0.25, 0.3) is 11.1 Å². The second-order valence-corrected chi connectivity index (χ2v) is 9.25. The van der Waals surface area contributed by atoms with Gasteiger partial charge in [-0.1, -0.05) is 30.3 Å². The van der Waals surface area contributed by atoms with Crippen LogP contribution in [0.2, 0.25) is 0 Å². The Labute approximate surface area is 223 Å². The van der Waals surface area contributed by atoms with E-state index in [9.17, 15) is 14.4 Å². The van der Waals surface area contributed by atoms with Crippen molar-refractivity contribution in [2.45, 2.75) is 0 Å². The molecular formula is C28H24N2O7S. The van der Waals surface area contributed by atoms with Gasteiger partial charge in [0.15, 0.2) is 11.5 Å². The zero-order valence-electron chi connectivity index (χ0n) is 20.3. The molecule has 2 aliphatic heterocycles. The quantitative estimate of drug-likeness (QED) is 0.315. The van der Waals surface area contributed by atoms with E-state index >= 15 is 0 Å². The van der Waals surface area contributed by atoms with Gasteiger partial charge in [-0.2, -0.15) is 0 Å². The number of ether oxygens (including phenoxy) is 4. The van der Waals surface area contributed by atoms with Crippen LogP contribution in [0, 0.1) is 0 Å². The van der Waals surface area contributed by atoms with Crippen LogP contribution in [0.5, 0.6) is 23.0 Å². The van der Waals surface area contributed by atoms with E-state index in [0.29, 0.717) is 49.4 Å². The molecule has 194 valence electrons. The molecule has 0 unspecified atom stereocenters. The second kappa shape index (κ2) is 11.7. The summed E-state index contributed by atoms with van der Waals surface area (Å²) in [6, 6.07) is 21.6. The Kier molecular flexibility index (Phi) is 7.79. The number of imide groups is 1. The first kappa shape index (κ1) is 25.2. The van der Waals surface area contributed by atoms with Crippen LogP contribution in [-0.2, 0) is 9.59 Å². The molecule has 1 N–H and O–H groups in total. The van der Waals surface area contributed by atoms with Gasteiger partial charge in [-0.25, -0.2) is 0 Å². The highest BCUT2D eigenvalue weighted by molar-refractivity contribution is 8.18. The summed E-state index contributed by atoms with van der Waals surface area (Å²) < 4.78 is 22.3. The molecule has 1 fully saturated rings. The Morgan fingerprint density at radius 1 is 0.895 bits per heavy atom. The zero-order chi connectivity index (χ0) is 26.3. The standard InChI is InChI=1S/C28H24N2O7S/c31-26(29-20-8-11-23-24(17-20)37-15-14-36-23)18-30-27(32)25(38-28(30)33)16-19-6-9-22(10-7-19)35-13-12-34-21-4-2-1-3-5-21/h1-11,16-17H,12-15,18H2,(H,29,31)/b25-16+. The highest BCUT2D eigenvalue weighted by atomic mass is 32.2. The maximum atomic E-state index is 12.8. The van der Waals surface area contributed by atoms with Gasteiger partial charge in [-0.05, 0) is 59.8 Å². The van der Waals surface area contributed by atoms with Crippen molar-refractivity contribution >= 4 is 40.6 Å². The third-order valence-corrected chi connectivity index (χ3v) is 6.45. The number of carbonyl (C=O) groups is 3. The van der Waals surface area contributed by atoms with Crippen molar-refractivity contribution in [2.24, 2.45) is 0 Å². The number of benzene rings is 3. The van der Waals surface area contributed by atoms with Gasteiger partial charge in [0, 0.05) is 11.8 Å². The van der Waals surface area contributed by atoms with E-state index in [1.807, 2.05) is 30.3 Å². The Balaban J connectivity index is 1.12. The fourth-order valence-electron chi connectivity index (χ4n) is 3.75. The van der Waals surface area contributed by atoms with Gasteiger partial charge in [0.1, 0.15) is 44.5 Å². The largest absolute Gasteiger partial charge is 0.490 e. The first-order chi connectivity index (χ1) is 18.5. The van der Waals surface area contributed by atoms with Crippen molar-refractivity contribution in [1.82, 2.24) is 4.90 Å². The highest BCUT2D eigenvalue weighted by Gasteiger charge is 2.36. The molecule has 0 aromatic heterocycles. The zero-order valence-corrected chi connectivity index (χ0v) is 21.1. The minimum atomic E-state index is -0.518. The Morgan fingerprint density at radius 3 is 2.32 bits per heavy atom. The van der Waals surface area contributed by atoms with Crippen LogP contribution in [0.4, 0.5) is 10.5 Å². The van der Waals surface area contributed by atoms with E-state index in [-0.39, 0.29) is 4.91 Å². The van der Waals surface area contributed by atoms with Crippen LogP contribution in [0.1, 0.15) is 5.56 Å². The number of hydrogen-bond donors (Lipinski definition) is 1. The van der Waals surface area contributed by atoms with Gasteiger partial charge in [-0.15, -0.1) is 0 Å². The molecule has 38 heavy (non-hydrogen) atoms. The summed E-state index contributed by atoms with van der Waals surface area (Å²) in [7, 11) is 0. The predicted molar refractivity (Wildman–Crippen MR) is 143 cm³/mol. The van der Waals surface area contributed by atoms with Crippen molar-refractivity contribution < 1.29 is 33.3 Å². The first-order valence-corrected chi connectivity index (χ1v) is 12.7.